The van der Waals surface area contributed by atoms with Crippen LogP contribution in [0.15, 0.2) is 66.9 Å². The highest BCUT2D eigenvalue weighted by Gasteiger charge is 2.18. The molecule has 4 aromatic rings. The molecule has 0 spiro atoms. The predicted molar refractivity (Wildman–Crippen MR) is 128 cm³/mol. The molecule has 2 aromatic carbocycles. The molecule has 2 heterocycles. The normalized spacial score (nSPS) is 10.4. The molecule has 0 unspecified atom stereocenters. The number of aromatic nitrogens is 2. The number of carbonyl (C=O) groups is 2. The fourth-order valence-corrected chi connectivity index (χ4v) is 3.75. The minimum atomic E-state index is -1.02. The van der Waals surface area contributed by atoms with E-state index in [-0.39, 0.29) is 5.91 Å². The molecule has 4 rings (SSSR count). The largest absolute Gasteiger partial charge is 0.479 e. The van der Waals surface area contributed by atoms with Crippen LogP contribution in [-0.4, -0.2) is 33.1 Å². The summed E-state index contributed by atoms with van der Waals surface area (Å²) in [6.07, 6.45) is 1.66. The van der Waals surface area contributed by atoms with Crippen LogP contribution < -0.4 is 10.5 Å². The second-order valence-electron chi connectivity index (χ2n) is 7.62. The number of nitrogens with zero attached hydrogens (tertiary/aromatic N) is 2. The Balaban J connectivity index is 0.000000709. The van der Waals surface area contributed by atoms with Crippen molar-refractivity contribution in [3.05, 3.63) is 83.7 Å². The number of carbonyl (C=O) groups excluding carboxylic acids is 1. The van der Waals surface area contributed by atoms with Crippen LogP contribution in [0, 0.1) is 13.8 Å². The van der Waals surface area contributed by atoms with Crippen molar-refractivity contribution in [1.82, 2.24) is 9.55 Å². The molecule has 7 heteroatoms. The maximum atomic E-state index is 10.9. The number of carboxylic acids is 1. The Morgan fingerprint density at radius 2 is 1.67 bits per heavy atom. The van der Waals surface area contributed by atoms with Crippen molar-refractivity contribution in [3.8, 4) is 17.0 Å². The Hall–Kier alpha value is -4.13. The summed E-state index contributed by atoms with van der Waals surface area (Å²) in [6.45, 7) is 5.68. The van der Waals surface area contributed by atoms with Crippen LogP contribution in [0.4, 0.5) is 0 Å². The van der Waals surface area contributed by atoms with Crippen molar-refractivity contribution in [3.63, 3.8) is 0 Å². The van der Waals surface area contributed by atoms with E-state index in [1.807, 2.05) is 31.2 Å². The van der Waals surface area contributed by atoms with E-state index in [1.54, 1.807) is 6.20 Å². The van der Waals surface area contributed by atoms with Crippen molar-refractivity contribution in [2.45, 2.75) is 27.3 Å². The van der Waals surface area contributed by atoms with E-state index < -0.39 is 12.6 Å². The summed E-state index contributed by atoms with van der Waals surface area (Å²) in [7, 11) is 0. The number of pyridine rings is 1. The predicted octanol–water partition coefficient (Wildman–Crippen LogP) is 4.32. The number of rotatable bonds is 6. The van der Waals surface area contributed by atoms with Crippen LogP contribution >= 0.6 is 0 Å². The molecule has 0 saturated heterocycles. The van der Waals surface area contributed by atoms with E-state index in [2.05, 4.69) is 58.6 Å². The summed E-state index contributed by atoms with van der Waals surface area (Å²) >= 11 is 0. The lowest BCUT2D eigenvalue weighted by molar-refractivity contribution is -0.139. The molecule has 0 aliphatic carbocycles. The molecule has 170 valence electrons. The monoisotopic (exact) mass is 445 g/mol. The number of aryl methyl sites for hydroxylation is 1. The van der Waals surface area contributed by atoms with Gasteiger partial charge in [-0.15, -0.1) is 0 Å². The molecular formula is C26H27N3O4. The average molecular weight is 446 g/mol. The summed E-state index contributed by atoms with van der Waals surface area (Å²) < 4.78 is 7.69. The standard InChI is InChI=1S/C24H22N2O3.C2H5NO/c1-16-17(2)26(21-12-13-25-24(23(16)21)29-15-22(27)28)14-19-10-6-7-11-20(19)18-8-4-3-5-9-18;1-2(3)4/h3-13H,14-15H2,1-2H3,(H,27,28);1H3,(H2,3,4). The quantitative estimate of drug-likeness (QED) is 0.459. The van der Waals surface area contributed by atoms with Crippen LogP contribution in [0.25, 0.3) is 22.0 Å². The number of amides is 1. The van der Waals surface area contributed by atoms with Crippen molar-refractivity contribution in [2.24, 2.45) is 5.73 Å². The maximum Gasteiger partial charge on any atom is 0.341 e. The summed E-state index contributed by atoms with van der Waals surface area (Å²) in [6, 6.07) is 20.7. The number of hydrogen-bond acceptors (Lipinski definition) is 4. The third-order valence-electron chi connectivity index (χ3n) is 5.27. The van der Waals surface area contributed by atoms with Gasteiger partial charge in [0.25, 0.3) is 0 Å². The van der Waals surface area contributed by atoms with Gasteiger partial charge in [-0.3, -0.25) is 4.79 Å². The highest BCUT2D eigenvalue weighted by Crippen LogP contribution is 2.33. The minimum absolute atomic E-state index is 0.333. The number of carboxylic acid groups (broad SMARTS) is 1. The zero-order valence-electron chi connectivity index (χ0n) is 18.9. The van der Waals surface area contributed by atoms with Crippen molar-refractivity contribution in [2.75, 3.05) is 6.61 Å². The number of hydrogen-bond donors (Lipinski definition) is 2. The van der Waals surface area contributed by atoms with Crippen LogP contribution in [0.2, 0.25) is 0 Å². The molecule has 0 fully saturated rings. The highest BCUT2D eigenvalue weighted by molar-refractivity contribution is 5.90. The van der Waals surface area contributed by atoms with Gasteiger partial charge in [-0.05, 0) is 42.2 Å². The number of ether oxygens (including phenoxy) is 1. The van der Waals surface area contributed by atoms with Crippen molar-refractivity contribution in [1.29, 1.82) is 0 Å². The Morgan fingerprint density at radius 1 is 1.03 bits per heavy atom. The molecule has 0 atom stereocenters. The van der Waals surface area contributed by atoms with Crippen LogP contribution in [0.1, 0.15) is 23.7 Å². The second-order valence-corrected chi connectivity index (χ2v) is 7.62. The van der Waals surface area contributed by atoms with E-state index in [0.717, 1.165) is 22.2 Å². The van der Waals surface area contributed by atoms with Crippen LogP contribution in [0.3, 0.4) is 0 Å². The van der Waals surface area contributed by atoms with E-state index >= 15 is 0 Å². The number of fused-ring (bicyclic) bond motifs is 1. The van der Waals surface area contributed by atoms with Gasteiger partial charge in [-0.25, -0.2) is 9.78 Å². The summed E-state index contributed by atoms with van der Waals surface area (Å²) in [5.74, 6) is -0.991. The Bertz CT molecular complexity index is 1280. The molecule has 0 saturated carbocycles. The molecular weight excluding hydrogens is 418 g/mol. The van der Waals surface area contributed by atoms with Gasteiger partial charge in [0.2, 0.25) is 11.8 Å². The number of primary amides is 1. The van der Waals surface area contributed by atoms with Crippen molar-refractivity contribution < 1.29 is 19.4 Å². The summed E-state index contributed by atoms with van der Waals surface area (Å²) in [5.41, 5.74) is 11.2. The Labute approximate surface area is 192 Å². The van der Waals surface area contributed by atoms with Gasteiger partial charge in [0, 0.05) is 25.4 Å². The van der Waals surface area contributed by atoms with Gasteiger partial charge in [0.15, 0.2) is 6.61 Å². The lowest BCUT2D eigenvalue weighted by Gasteiger charge is -2.14. The molecule has 0 radical (unpaired) electrons. The molecule has 0 aliphatic rings. The summed E-state index contributed by atoms with van der Waals surface area (Å²) in [5, 5.41) is 9.82. The lowest BCUT2D eigenvalue weighted by Crippen LogP contribution is -2.10. The minimum Gasteiger partial charge on any atom is -0.479 e. The van der Waals surface area contributed by atoms with E-state index in [4.69, 9.17) is 9.84 Å². The first kappa shape index (κ1) is 23.5. The fraction of sp³-hybridized carbons (Fsp3) is 0.192. The molecule has 3 N–H and O–H groups in total. The average Bonchev–Trinajstić information content (AvgIpc) is 3.03. The van der Waals surface area contributed by atoms with Gasteiger partial charge >= 0.3 is 5.97 Å². The first-order chi connectivity index (χ1) is 15.8. The van der Waals surface area contributed by atoms with E-state index in [0.29, 0.717) is 12.4 Å². The van der Waals surface area contributed by atoms with Gasteiger partial charge in [-0.1, -0.05) is 54.6 Å². The highest BCUT2D eigenvalue weighted by atomic mass is 16.5. The molecule has 0 bridgehead atoms. The van der Waals surface area contributed by atoms with Crippen LogP contribution in [-0.2, 0) is 16.1 Å². The van der Waals surface area contributed by atoms with Gasteiger partial charge in [-0.2, -0.15) is 0 Å². The smallest absolute Gasteiger partial charge is 0.341 e. The number of aliphatic carboxylic acids is 1. The SMILES string of the molecule is CC(N)=O.Cc1c(C)n(Cc2ccccc2-c2ccccc2)c2ccnc(OCC(=O)O)c12. The maximum absolute atomic E-state index is 10.9. The molecule has 33 heavy (non-hydrogen) atoms. The molecule has 0 aliphatic heterocycles. The molecule has 7 nitrogen and oxygen atoms in total. The lowest BCUT2D eigenvalue weighted by atomic mass is 9.99. The first-order valence-corrected chi connectivity index (χ1v) is 10.5. The third kappa shape index (κ3) is 5.57. The van der Waals surface area contributed by atoms with Gasteiger partial charge < -0.3 is 20.1 Å². The Kier molecular flexibility index (Phi) is 7.46. The van der Waals surface area contributed by atoms with Crippen molar-refractivity contribution >= 4 is 22.8 Å². The Morgan fingerprint density at radius 3 is 2.33 bits per heavy atom. The zero-order valence-corrected chi connectivity index (χ0v) is 18.9. The molecule has 2 aromatic heterocycles. The topological polar surface area (TPSA) is 107 Å². The van der Waals surface area contributed by atoms with E-state index in [9.17, 15) is 9.59 Å². The first-order valence-electron chi connectivity index (χ1n) is 10.5. The third-order valence-corrected chi connectivity index (χ3v) is 5.27. The van der Waals surface area contributed by atoms with Crippen LogP contribution in [0.5, 0.6) is 5.88 Å². The van der Waals surface area contributed by atoms with Gasteiger partial charge in [0.05, 0.1) is 10.9 Å². The number of nitrogens with two attached hydrogens (primary N) is 1. The second kappa shape index (κ2) is 10.5. The number of benzene rings is 2. The molecule has 1 amide bonds. The van der Waals surface area contributed by atoms with Gasteiger partial charge in [0.1, 0.15) is 0 Å². The fourth-order valence-electron chi connectivity index (χ4n) is 3.75. The summed E-state index contributed by atoms with van der Waals surface area (Å²) in [4.78, 5) is 24.4. The zero-order chi connectivity index (χ0) is 24.0. The van der Waals surface area contributed by atoms with E-state index in [1.165, 1.54) is 23.6 Å².